The second kappa shape index (κ2) is 3.15. The molecule has 0 aromatic rings. The molecule has 4 heteroatoms. The second-order valence-electron chi connectivity index (χ2n) is 4.02. The zero-order valence-corrected chi connectivity index (χ0v) is 7.48. The van der Waals surface area contributed by atoms with E-state index in [4.69, 9.17) is 0 Å². The highest BCUT2D eigenvalue weighted by molar-refractivity contribution is 4.93. The monoisotopic (exact) mass is 193 g/mol. The molecule has 0 aliphatic carbocycles. The average Bonchev–Trinajstić information content (AvgIpc) is 2.45. The first-order valence-electron chi connectivity index (χ1n) is 4.91. The van der Waals surface area contributed by atoms with Crippen LogP contribution in [0, 0.1) is 0 Å². The van der Waals surface area contributed by atoms with Gasteiger partial charge in [-0.1, -0.05) is 6.42 Å². The van der Waals surface area contributed by atoms with Crippen LogP contribution < -0.4 is 0 Å². The Labute approximate surface area is 75.9 Å². The van der Waals surface area contributed by atoms with Crippen molar-refractivity contribution in [3.05, 3.63) is 0 Å². The normalized spacial score (nSPS) is 36.2. The van der Waals surface area contributed by atoms with Crippen molar-refractivity contribution in [2.75, 3.05) is 6.54 Å². The van der Waals surface area contributed by atoms with Crippen LogP contribution in [0.3, 0.4) is 0 Å². The number of nitrogens with zero attached hydrogens (tertiary/aromatic N) is 1. The molecule has 76 valence electrons. The molecule has 0 N–H and O–H groups in total. The lowest BCUT2D eigenvalue weighted by molar-refractivity contribution is -0.181. The first-order valence-corrected chi connectivity index (χ1v) is 4.91. The summed E-state index contributed by atoms with van der Waals surface area (Å²) in [5.74, 6) is 0. The highest BCUT2D eigenvalue weighted by Crippen LogP contribution is 2.39. The van der Waals surface area contributed by atoms with Gasteiger partial charge in [-0.15, -0.1) is 0 Å². The molecule has 0 bridgehead atoms. The van der Waals surface area contributed by atoms with Crippen molar-refractivity contribution in [1.29, 1.82) is 0 Å². The van der Waals surface area contributed by atoms with Crippen LogP contribution in [-0.4, -0.2) is 29.7 Å². The largest absolute Gasteiger partial charge is 0.404 e. The van der Waals surface area contributed by atoms with Crippen LogP contribution in [0.1, 0.15) is 32.1 Å². The van der Waals surface area contributed by atoms with Gasteiger partial charge in [-0.25, -0.2) is 0 Å². The molecule has 0 saturated carbocycles. The van der Waals surface area contributed by atoms with E-state index in [2.05, 4.69) is 0 Å². The predicted octanol–water partition coefficient (Wildman–Crippen LogP) is 2.57. The molecular weight excluding hydrogens is 179 g/mol. The van der Waals surface area contributed by atoms with Crippen molar-refractivity contribution in [2.24, 2.45) is 0 Å². The van der Waals surface area contributed by atoms with Crippen LogP contribution in [-0.2, 0) is 0 Å². The lowest BCUT2D eigenvalue weighted by atomic mass is 10.0. The molecule has 0 spiro atoms. The molecule has 2 fully saturated rings. The molecule has 13 heavy (non-hydrogen) atoms. The fourth-order valence-corrected chi connectivity index (χ4v) is 2.61. The van der Waals surface area contributed by atoms with Gasteiger partial charge in [0, 0.05) is 6.04 Å². The molecule has 0 aromatic heterocycles. The third-order valence-electron chi connectivity index (χ3n) is 3.22. The summed E-state index contributed by atoms with van der Waals surface area (Å²) in [5, 5.41) is 0. The molecular formula is C9H14F3N. The van der Waals surface area contributed by atoms with E-state index < -0.39 is 12.2 Å². The number of rotatable bonds is 0. The van der Waals surface area contributed by atoms with Crippen LogP contribution in [0.15, 0.2) is 0 Å². The molecule has 2 aliphatic heterocycles. The zero-order chi connectivity index (χ0) is 9.47. The lowest BCUT2D eigenvalue weighted by Gasteiger charge is -2.34. The van der Waals surface area contributed by atoms with E-state index in [9.17, 15) is 13.2 Å². The minimum atomic E-state index is -4.01. The molecule has 2 aliphatic rings. The van der Waals surface area contributed by atoms with Crippen molar-refractivity contribution >= 4 is 0 Å². The van der Waals surface area contributed by atoms with Gasteiger partial charge in [-0.3, -0.25) is 4.90 Å². The Kier molecular flexibility index (Phi) is 2.26. The van der Waals surface area contributed by atoms with Crippen molar-refractivity contribution in [1.82, 2.24) is 4.90 Å². The smallest absolute Gasteiger partial charge is 0.289 e. The number of piperidine rings is 1. The third-order valence-corrected chi connectivity index (χ3v) is 3.22. The fraction of sp³-hybridized carbons (Fsp3) is 1.00. The second-order valence-corrected chi connectivity index (χ2v) is 4.02. The molecule has 2 saturated heterocycles. The highest BCUT2D eigenvalue weighted by Gasteiger charge is 2.49. The van der Waals surface area contributed by atoms with Crippen LogP contribution in [0.5, 0.6) is 0 Å². The molecule has 2 atom stereocenters. The minimum Gasteiger partial charge on any atom is -0.289 e. The van der Waals surface area contributed by atoms with Gasteiger partial charge in [0.2, 0.25) is 0 Å². The summed E-state index contributed by atoms with van der Waals surface area (Å²) in [6.07, 6.45) is 0.0475. The van der Waals surface area contributed by atoms with Crippen LogP contribution >= 0.6 is 0 Å². The maximum Gasteiger partial charge on any atom is 0.404 e. The number of hydrogen-bond acceptors (Lipinski definition) is 1. The van der Waals surface area contributed by atoms with Gasteiger partial charge in [0.1, 0.15) is 6.04 Å². The standard InChI is InChI=1S/C9H14F3N/c10-9(11,12)8-5-4-7-3-1-2-6-13(7)8/h7-8H,1-6H2. The third kappa shape index (κ3) is 1.68. The van der Waals surface area contributed by atoms with Crippen LogP contribution in [0.2, 0.25) is 0 Å². The zero-order valence-electron chi connectivity index (χ0n) is 7.48. The number of fused-ring (bicyclic) bond motifs is 1. The number of alkyl halides is 3. The minimum absolute atomic E-state index is 0.223. The Bertz CT molecular complexity index is 190. The molecule has 2 unspecified atom stereocenters. The Morgan fingerprint density at radius 1 is 1.00 bits per heavy atom. The van der Waals surface area contributed by atoms with Gasteiger partial charge in [0.05, 0.1) is 0 Å². The Morgan fingerprint density at radius 2 is 1.77 bits per heavy atom. The summed E-state index contributed by atoms with van der Waals surface area (Å²) in [6, 6.07) is -0.918. The van der Waals surface area contributed by atoms with E-state index in [0.29, 0.717) is 13.0 Å². The SMILES string of the molecule is FC(F)(F)C1CCC2CCCCN21. The van der Waals surface area contributed by atoms with E-state index in [1.165, 1.54) is 0 Å². The summed E-state index contributed by atoms with van der Waals surface area (Å²) in [4.78, 5) is 1.67. The summed E-state index contributed by atoms with van der Waals surface area (Å²) < 4.78 is 37.5. The maximum atomic E-state index is 12.5. The molecule has 0 radical (unpaired) electrons. The number of halogens is 3. The maximum absolute atomic E-state index is 12.5. The van der Waals surface area contributed by atoms with E-state index >= 15 is 0 Å². The van der Waals surface area contributed by atoms with Crippen LogP contribution in [0.25, 0.3) is 0 Å². The summed E-state index contributed by atoms with van der Waals surface area (Å²) in [6.45, 7) is 0.648. The fourth-order valence-electron chi connectivity index (χ4n) is 2.61. The molecule has 2 heterocycles. The Morgan fingerprint density at radius 3 is 2.46 bits per heavy atom. The summed E-state index contributed by atoms with van der Waals surface area (Å²) >= 11 is 0. The summed E-state index contributed by atoms with van der Waals surface area (Å²) in [7, 11) is 0. The van der Waals surface area contributed by atoms with Gasteiger partial charge >= 0.3 is 6.18 Å². The Hall–Kier alpha value is -0.250. The van der Waals surface area contributed by atoms with E-state index in [1.54, 1.807) is 4.90 Å². The van der Waals surface area contributed by atoms with Crippen molar-refractivity contribution < 1.29 is 13.2 Å². The molecule has 0 aromatic carbocycles. The highest BCUT2D eigenvalue weighted by atomic mass is 19.4. The quantitative estimate of drug-likeness (QED) is 0.571. The van der Waals surface area contributed by atoms with Gasteiger partial charge in [0.15, 0.2) is 0 Å². The van der Waals surface area contributed by atoms with Crippen molar-refractivity contribution in [2.45, 2.75) is 50.4 Å². The molecule has 0 amide bonds. The van der Waals surface area contributed by atoms with Crippen molar-refractivity contribution in [3.63, 3.8) is 0 Å². The lowest BCUT2D eigenvalue weighted by Crippen LogP contribution is -2.46. The topological polar surface area (TPSA) is 3.24 Å². The summed E-state index contributed by atoms with van der Waals surface area (Å²) in [5.41, 5.74) is 0. The molecule has 1 nitrogen and oxygen atoms in total. The van der Waals surface area contributed by atoms with Gasteiger partial charge < -0.3 is 0 Å². The first kappa shape index (κ1) is 9.31. The van der Waals surface area contributed by atoms with E-state index in [1.807, 2.05) is 0 Å². The van der Waals surface area contributed by atoms with Gasteiger partial charge in [-0.05, 0) is 32.2 Å². The van der Waals surface area contributed by atoms with Crippen LogP contribution in [0.4, 0.5) is 13.2 Å². The van der Waals surface area contributed by atoms with Gasteiger partial charge in [-0.2, -0.15) is 13.2 Å². The van der Waals surface area contributed by atoms with E-state index in [0.717, 1.165) is 25.7 Å². The predicted molar refractivity (Wildman–Crippen MR) is 43.4 cm³/mol. The van der Waals surface area contributed by atoms with Gasteiger partial charge in [0.25, 0.3) is 0 Å². The Balaban J connectivity index is 2.07. The number of hydrogen-bond donors (Lipinski definition) is 0. The van der Waals surface area contributed by atoms with E-state index in [-0.39, 0.29) is 6.04 Å². The average molecular weight is 193 g/mol. The van der Waals surface area contributed by atoms with Crippen molar-refractivity contribution in [3.8, 4) is 0 Å². The molecule has 2 rings (SSSR count). The first-order chi connectivity index (χ1) is 6.09.